The van der Waals surface area contributed by atoms with Crippen molar-refractivity contribution in [1.29, 1.82) is 0 Å². The number of aromatic amines is 1. The van der Waals surface area contributed by atoms with Gasteiger partial charge in [0.25, 0.3) is 5.56 Å². The molecule has 0 saturated carbocycles. The van der Waals surface area contributed by atoms with Crippen LogP contribution in [0.5, 0.6) is 5.75 Å². The Balaban J connectivity index is 2.55. The first kappa shape index (κ1) is 10.4. The molecule has 82 valence electrons. The number of H-pyrrole nitrogens is 1. The topological polar surface area (TPSA) is 92.0 Å². The van der Waals surface area contributed by atoms with Gasteiger partial charge in [0.15, 0.2) is 0 Å². The molecule has 2 aromatic rings. The summed E-state index contributed by atoms with van der Waals surface area (Å²) in [5.74, 6) is 0.555. The lowest BCUT2D eigenvalue weighted by Gasteiger charge is -2.03. The summed E-state index contributed by atoms with van der Waals surface area (Å²) < 4.78 is 0. The van der Waals surface area contributed by atoms with Crippen molar-refractivity contribution in [2.45, 2.75) is 6.54 Å². The molecule has 0 aliphatic heterocycles. The van der Waals surface area contributed by atoms with Gasteiger partial charge in [-0.2, -0.15) is 0 Å². The maximum absolute atomic E-state index is 11.3. The summed E-state index contributed by atoms with van der Waals surface area (Å²) >= 11 is 0. The zero-order valence-electron chi connectivity index (χ0n) is 8.47. The Morgan fingerprint density at radius 2 is 2.19 bits per heavy atom. The lowest BCUT2D eigenvalue weighted by Crippen LogP contribution is -2.13. The highest BCUT2D eigenvalue weighted by atomic mass is 16.3. The van der Waals surface area contributed by atoms with Crippen molar-refractivity contribution in [3.63, 3.8) is 0 Å². The summed E-state index contributed by atoms with van der Waals surface area (Å²) in [5.41, 5.74) is 6.34. The quantitative estimate of drug-likeness (QED) is 0.686. The Hall–Kier alpha value is -2.14. The number of hydrogen-bond donors (Lipinski definition) is 3. The smallest absolute Gasteiger partial charge is 0.251 e. The molecule has 1 aromatic heterocycles. The normalized spacial score (nSPS) is 10.3. The van der Waals surface area contributed by atoms with Crippen molar-refractivity contribution in [3.8, 4) is 17.0 Å². The van der Waals surface area contributed by atoms with Gasteiger partial charge in [-0.25, -0.2) is 4.98 Å². The van der Waals surface area contributed by atoms with Crippen LogP contribution in [0.25, 0.3) is 11.3 Å². The number of rotatable bonds is 2. The highest BCUT2D eigenvalue weighted by Gasteiger charge is 2.03. The van der Waals surface area contributed by atoms with E-state index < -0.39 is 0 Å². The molecule has 0 spiro atoms. The number of nitrogens with two attached hydrogens (primary N) is 1. The Morgan fingerprint density at radius 3 is 2.88 bits per heavy atom. The second kappa shape index (κ2) is 4.16. The van der Waals surface area contributed by atoms with E-state index >= 15 is 0 Å². The first-order valence-corrected chi connectivity index (χ1v) is 4.79. The number of phenols is 1. The van der Waals surface area contributed by atoms with Gasteiger partial charge in [-0.15, -0.1) is 0 Å². The summed E-state index contributed by atoms with van der Waals surface area (Å²) in [6.07, 6.45) is 0. The molecule has 0 aliphatic rings. The molecule has 0 aliphatic carbocycles. The van der Waals surface area contributed by atoms with Crippen molar-refractivity contribution < 1.29 is 5.11 Å². The molecule has 1 heterocycles. The number of phenolic OH excluding ortho intramolecular Hbond substituents is 1. The van der Waals surface area contributed by atoms with E-state index in [-0.39, 0.29) is 17.9 Å². The number of benzene rings is 1. The van der Waals surface area contributed by atoms with Gasteiger partial charge in [0.2, 0.25) is 0 Å². The molecule has 5 heteroatoms. The third kappa shape index (κ3) is 2.09. The summed E-state index contributed by atoms with van der Waals surface area (Å²) in [6.45, 7) is 0.169. The summed E-state index contributed by atoms with van der Waals surface area (Å²) in [4.78, 5) is 18.0. The molecule has 1 aromatic carbocycles. The van der Waals surface area contributed by atoms with Gasteiger partial charge in [0.05, 0.1) is 12.2 Å². The molecule has 0 atom stereocenters. The van der Waals surface area contributed by atoms with Crippen molar-refractivity contribution in [2.24, 2.45) is 5.73 Å². The van der Waals surface area contributed by atoms with Crippen LogP contribution < -0.4 is 11.3 Å². The Morgan fingerprint density at radius 1 is 1.38 bits per heavy atom. The molecular formula is C11H11N3O2. The number of hydrogen-bond acceptors (Lipinski definition) is 4. The van der Waals surface area contributed by atoms with E-state index in [2.05, 4.69) is 9.97 Å². The van der Waals surface area contributed by atoms with Crippen LogP contribution in [0.2, 0.25) is 0 Å². The average Bonchev–Trinajstić information content (AvgIpc) is 2.28. The van der Waals surface area contributed by atoms with Crippen LogP contribution in [-0.2, 0) is 6.54 Å². The Bertz CT molecular complexity index is 563. The van der Waals surface area contributed by atoms with Gasteiger partial charge >= 0.3 is 0 Å². The molecule has 16 heavy (non-hydrogen) atoms. The van der Waals surface area contributed by atoms with Crippen molar-refractivity contribution >= 4 is 0 Å². The predicted octanol–water partition coefficient (Wildman–Crippen LogP) is 0.601. The van der Waals surface area contributed by atoms with E-state index in [1.165, 1.54) is 6.07 Å². The van der Waals surface area contributed by atoms with Crippen molar-refractivity contribution in [2.75, 3.05) is 0 Å². The van der Waals surface area contributed by atoms with Crippen LogP contribution in [0, 0.1) is 0 Å². The van der Waals surface area contributed by atoms with Gasteiger partial charge in [0, 0.05) is 11.6 Å². The van der Waals surface area contributed by atoms with Gasteiger partial charge in [0.1, 0.15) is 11.6 Å². The third-order valence-corrected chi connectivity index (χ3v) is 2.13. The van der Waals surface area contributed by atoms with Crippen LogP contribution in [0.3, 0.4) is 0 Å². The lowest BCUT2D eigenvalue weighted by molar-refractivity contribution is 0.475. The largest absolute Gasteiger partial charge is 0.508 e. The molecule has 2 rings (SSSR count). The molecule has 0 amide bonds. The summed E-state index contributed by atoms with van der Waals surface area (Å²) in [5, 5.41) is 9.33. The van der Waals surface area contributed by atoms with E-state index in [1.807, 2.05) is 0 Å². The van der Waals surface area contributed by atoms with Crippen molar-refractivity contribution in [1.82, 2.24) is 9.97 Å². The maximum atomic E-state index is 11.3. The first-order valence-electron chi connectivity index (χ1n) is 4.79. The molecule has 0 bridgehead atoms. The van der Waals surface area contributed by atoms with Crippen LogP contribution in [0.4, 0.5) is 0 Å². The number of aromatic nitrogens is 2. The monoisotopic (exact) mass is 217 g/mol. The van der Waals surface area contributed by atoms with E-state index in [4.69, 9.17) is 5.73 Å². The van der Waals surface area contributed by atoms with Crippen LogP contribution in [-0.4, -0.2) is 15.1 Å². The van der Waals surface area contributed by atoms with E-state index in [0.717, 1.165) is 0 Å². The third-order valence-electron chi connectivity index (χ3n) is 2.13. The number of aromatic hydroxyl groups is 1. The fourth-order valence-electron chi connectivity index (χ4n) is 1.42. The molecule has 4 N–H and O–H groups in total. The number of nitrogens with zero attached hydrogens (tertiary/aromatic N) is 1. The molecular weight excluding hydrogens is 206 g/mol. The summed E-state index contributed by atoms with van der Waals surface area (Å²) in [6, 6.07) is 7.92. The van der Waals surface area contributed by atoms with Gasteiger partial charge in [-0.3, -0.25) is 4.79 Å². The van der Waals surface area contributed by atoms with E-state index in [1.54, 1.807) is 24.3 Å². The molecule has 0 unspecified atom stereocenters. The van der Waals surface area contributed by atoms with Gasteiger partial charge in [-0.1, -0.05) is 12.1 Å². The minimum Gasteiger partial charge on any atom is -0.508 e. The molecule has 5 nitrogen and oxygen atoms in total. The molecule has 0 radical (unpaired) electrons. The number of nitrogens with one attached hydrogen (secondary N) is 1. The Kier molecular flexibility index (Phi) is 2.70. The van der Waals surface area contributed by atoms with Crippen molar-refractivity contribution in [3.05, 3.63) is 46.5 Å². The van der Waals surface area contributed by atoms with Crippen LogP contribution in [0.15, 0.2) is 35.1 Å². The van der Waals surface area contributed by atoms with E-state index in [0.29, 0.717) is 17.1 Å². The lowest BCUT2D eigenvalue weighted by atomic mass is 10.1. The minimum absolute atomic E-state index is 0.133. The van der Waals surface area contributed by atoms with Crippen LogP contribution in [0.1, 0.15) is 5.82 Å². The fourth-order valence-corrected chi connectivity index (χ4v) is 1.42. The first-order chi connectivity index (χ1) is 7.69. The average molecular weight is 217 g/mol. The standard InChI is InChI=1S/C11H11N3O2/c12-6-10-13-9(5-11(16)14-10)7-2-1-3-8(15)4-7/h1-5,15H,6,12H2,(H,13,14,16). The summed E-state index contributed by atoms with van der Waals surface area (Å²) in [7, 11) is 0. The van der Waals surface area contributed by atoms with Crippen LogP contribution >= 0.6 is 0 Å². The second-order valence-corrected chi connectivity index (χ2v) is 3.33. The maximum Gasteiger partial charge on any atom is 0.251 e. The van der Waals surface area contributed by atoms with Gasteiger partial charge in [-0.05, 0) is 12.1 Å². The zero-order chi connectivity index (χ0) is 11.5. The zero-order valence-corrected chi connectivity index (χ0v) is 8.47. The minimum atomic E-state index is -0.256. The highest BCUT2D eigenvalue weighted by molar-refractivity contribution is 5.60. The second-order valence-electron chi connectivity index (χ2n) is 3.33. The highest BCUT2D eigenvalue weighted by Crippen LogP contribution is 2.19. The fraction of sp³-hybridized carbons (Fsp3) is 0.0909. The Labute approximate surface area is 91.6 Å². The molecule has 0 saturated heterocycles. The van der Waals surface area contributed by atoms with Gasteiger partial charge < -0.3 is 15.8 Å². The predicted molar refractivity (Wildman–Crippen MR) is 59.8 cm³/mol. The SMILES string of the molecule is NCc1nc(-c2cccc(O)c2)cc(=O)[nH]1. The van der Waals surface area contributed by atoms with E-state index in [9.17, 15) is 9.90 Å². The molecule has 0 fully saturated rings.